The number of carbonyl (C=O) groups is 1. The minimum absolute atomic E-state index is 0.972. The Morgan fingerprint density at radius 2 is 2.27 bits per heavy atom. The summed E-state index contributed by atoms with van der Waals surface area (Å²) >= 11 is 0.984. The van der Waals surface area contributed by atoms with E-state index in [-0.39, 0.29) is 0 Å². The van der Waals surface area contributed by atoms with Crippen LogP contribution in [0, 0.1) is 0 Å². The van der Waals surface area contributed by atoms with E-state index < -0.39 is 5.97 Å². The molecule has 0 aliphatic heterocycles. The predicted octanol–water partition coefficient (Wildman–Crippen LogP) is 0.717. The molecule has 62 valence electrons. The van der Waals surface area contributed by atoms with Crippen LogP contribution in [0.5, 0.6) is 0 Å². The number of rotatable bonds is 1. The molecule has 0 bridgehead atoms. The average Bonchev–Trinajstić information content (AvgIpc) is 2.36. The van der Waals surface area contributed by atoms with Gasteiger partial charge in [-0.15, -0.1) is 0 Å². The molecule has 0 aromatic carbocycles. The summed E-state index contributed by atoms with van der Waals surface area (Å²) in [6, 6.07) is 0. The van der Waals surface area contributed by atoms with Gasteiger partial charge in [0.25, 0.3) is 0 Å². The Kier molecular flexibility index (Phi) is 5.90. The summed E-state index contributed by atoms with van der Waals surface area (Å²) in [6.45, 7) is 0.972. The number of hydrogen-bond donors (Lipinski definition) is 0. The molecule has 0 unspecified atom stereocenters. The third-order valence-electron chi connectivity index (χ3n) is 0.969. The van der Waals surface area contributed by atoms with E-state index in [1.165, 1.54) is 6.42 Å². The number of carboxylic acids is 1. The molecule has 0 radical (unpaired) electrons. The van der Waals surface area contributed by atoms with Crippen LogP contribution >= 0.6 is 0 Å². The van der Waals surface area contributed by atoms with Crippen molar-refractivity contribution in [2.45, 2.75) is 19.2 Å². The molecule has 1 aliphatic carbocycles. The van der Waals surface area contributed by atoms with E-state index in [0.717, 1.165) is 21.9 Å². The SMILES string of the molecule is CC(=O)[O-].[CH3][Mn+][C]1=CC=CC1. The molecule has 0 saturated heterocycles. The molecular weight excluding hydrogens is 183 g/mol. The minimum atomic E-state index is -1.08. The normalized spacial score (nSPS) is 13.5. The zero-order valence-electron chi connectivity index (χ0n) is 6.63. The molecule has 0 aromatic rings. The van der Waals surface area contributed by atoms with E-state index in [1.807, 2.05) is 0 Å². The predicted molar refractivity (Wildman–Crippen MR) is 38.4 cm³/mol. The number of aliphatic carboxylic acids is 1. The topological polar surface area (TPSA) is 40.1 Å². The Balaban J connectivity index is 0.000000218. The molecule has 1 aliphatic rings. The summed E-state index contributed by atoms with van der Waals surface area (Å²) in [5.41, 5.74) is 0. The summed E-state index contributed by atoms with van der Waals surface area (Å²) in [6.07, 6.45) is 7.75. The van der Waals surface area contributed by atoms with Crippen molar-refractivity contribution < 1.29 is 24.9 Å². The second-order valence-electron chi connectivity index (χ2n) is 1.93. The third kappa shape index (κ3) is 7.37. The Hall–Kier alpha value is -0.531. The zero-order valence-corrected chi connectivity index (χ0v) is 7.81. The molecule has 0 N–H and O–H groups in total. The van der Waals surface area contributed by atoms with E-state index in [2.05, 4.69) is 24.1 Å². The van der Waals surface area contributed by atoms with Crippen molar-refractivity contribution in [1.82, 2.24) is 0 Å². The first-order valence-electron chi connectivity index (χ1n) is 3.19. The summed E-state index contributed by atoms with van der Waals surface area (Å²) in [5, 5.41) is 8.89. The molecule has 2 nitrogen and oxygen atoms in total. The molecular formula is C8H11MnO2. The number of hydrogen-bond acceptors (Lipinski definition) is 2. The summed E-state index contributed by atoms with van der Waals surface area (Å²) in [4.78, 5) is 8.89. The van der Waals surface area contributed by atoms with Gasteiger partial charge in [0, 0.05) is 5.97 Å². The number of carbonyl (C=O) groups excluding carboxylic acids is 1. The van der Waals surface area contributed by atoms with Crippen LogP contribution in [0.25, 0.3) is 0 Å². The molecule has 0 amide bonds. The quantitative estimate of drug-likeness (QED) is 0.577. The Bertz CT molecular complexity index is 179. The van der Waals surface area contributed by atoms with Gasteiger partial charge in [0.1, 0.15) is 0 Å². The van der Waals surface area contributed by atoms with Gasteiger partial charge in [0.15, 0.2) is 0 Å². The maximum absolute atomic E-state index is 8.89. The zero-order chi connectivity index (χ0) is 8.69. The van der Waals surface area contributed by atoms with Gasteiger partial charge in [-0.25, -0.2) is 0 Å². The van der Waals surface area contributed by atoms with Gasteiger partial charge >= 0.3 is 49.9 Å². The van der Waals surface area contributed by atoms with Crippen LogP contribution in [0.3, 0.4) is 0 Å². The van der Waals surface area contributed by atoms with Crippen LogP contribution < -0.4 is 5.11 Å². The van der Waals surface area contributed by atoms with Gasteiger partial charge in [0.05, 0.1) is 0 Å². The summed E-state index contributed by atoms with van der Waals surface area (Å²) < 4.78 is 1.59. The molecule has 1 rings (SSSR count). The van der Waals surface area contributed by atoms with Gasteiger partial charge in [-0.05, 0) is 6.92 Å². The first-order chi connectivity index (χ1) is 5.16. The van der Waals surface area contributed by atoms with Crippen LogP contribution in [-0.2, 0) is 19.8 Å². The van der Waals surface area contributed by atoms with Gasteiger partial charge in [-0.3, -0.25) is 0 Å². The molecule has 0 spiro atoms. The fourth-order valence-electron chi connectivity index (χ4n) is 0.561. The van der Waals surface area contributed by atoms with Crippen LogP contribution in [-0.4, -0.2) is 5.97 Å². The Labute approximate surface area is 73.2 Å². The maximum atomic E-state index is 8.89. The molecule has 0 fully saturated rings. The monoisotopic (exact) mass is 194 g/mol. The molecule has 11 heavy (non-hydrogen) atoms. The van der Waals surface area contributed by atoms with E-state index in [0.29, 0.717) is 0 Å². The fraction of sp³-hybridized carbons (Fsp3) is 0.375. The molecule has 0 atom stereocenters. The molecule has 0 heterocycles. The first-order valence-corrected chi connectivity index (χ1v) is 4.96. The van der Waals surface area contributed by atoms with Crippen LogP contribution in [0.4, 0.5) is 0 Å². The van der Waals surface area contributed by atoms with Crippen molar-refractivity contribution in [1.29, 1.82) is 0 Å². The number of allylic oxidation sites excluding steroid dienone is 4. The molecule has 0 aromatic heterocycles. The van der Waals surface area contributed by atoms with Crippen molar-refractivity contribution in [3.63, 3.8) is 0 Å². The first kappa shape index (κ1) is 10.5. The molecule has 3 heteroatoms. The van der Waals surface area contributed by atoms with E-state index in [4.69, 9.17) is 9.90 Å². The average molecular weight is 194 g/mol. The summed E-state index contributed by atoms with van der Waals surface area (Å²) in [7, 11) is 0. The number of carboxylic acid groups (broad SMARTS) is 1. The van der Waals surface area contributed by atoms with E-state index >= 15 is 0 Å². The van der Waals surface area contributed by atoms with Crippen molar-refractivity contribution >= 4 is 5.97 Å². The third-order valence-corrected chi connectivity index (χ3v) is 2.16. The van der Waals surface area contributed by atoms with Crippen LogP contribution in [0.1, 0.15) is 13.3 Å². The van der Waals surface area contributed by atoms with Gasteiger partial charge in [0.2, 0.25) is 0 Å². The van der Waals surface area contributed by atoms with Crippen LogP contribution in [0.15, 0.2) is 22.7 Å². The van der Waals surface area contributed by atoms with Crippen molar-refractivity contribution in [2.24, 2.45) is 0 Å². The van der Waals surface area contributed by atoms with Crippen molar-refractivity contribution in [3.8, 4) is 0 Å². The van der Waals surface area contributed by atoms with Gasteiger partial charge in [-0.1, -0.05) is 0 Å². The van der Waals surface area contributed by atoms with Gasteiger partial charge < -0.3 is 9.90 Å². The Morgan fingerprint density at radius 1 is 1.73 bits per heavy atom. The van der Waals surface area contributed by atoms with Crippen molar-refractivity contribution in [3.05, 3.63) is 22.7 Å². The van der Waals surface area contributed by atoms with E-state index in [9.17, 15) is 0 Å². The molecule has 0 saturated carbocycles. The Morgan fingerprint density at radius 3 is 2.45 bits per heavy atom. The van der Waals surface area contributed by atoms with E-state index in [1.54, 1.807) is 4.47 Å². The van der Waals surface area contributed by atoms with Crippen LogP contribution in [0.2, 0.25) is 5.82 Å². The second kappa shape index (κ2) is 6.20. The van der Waals surface area contributed by atoms with Crippen molar-refractivity contribution in [2.75, 3.05) is 0 Å². The summed E-state index contributed by atoms with van der Waals surface area (Å²) in [5.74, 6) is 1.14. The van der Waals surface area contributed by atoms with Gasteiger partial charge in [-0.2, -0.15) is 0 Å². The fourth-order valence-corrected chi connectivity index (χ4v) is 1.25. The second-order valence-corrected chi connectivity index (χ2v) is 3.27. The standard InChI is InChI=1S/C5H5.C2H4O2.CH3.Mn/c1-2-4-5-3-1;1-2(3)4;;/h1-3H,4H2;1H3,(H,3,4);1H3;/q;;;+1/p-1.